The number of halogens is 1. The second kappa shape index (κ2) is 4.08. The predicted octanol–water partition coefficient (Wildman–Crippen LogP) is 2.51. The van der Waals surface area contributed by atoms with Crippen molar-refractivity contribution in [3.63, 3.8) is 0 Å². The first kappa shape index (κ1) is 12.5. The lowest BCUT2D eigenvalue weighted by Crippen LogP contribution is -2.17. The van der Waals surface area contributed by atoms with Gasteiger partial charge in [-0.1, -0.05) is 13.8 Å². The summed E-state index contributed by atoms with van der Waals surface area (Å²) in [5.74, 6) is -2.18. The van der Waals surface area contributed by atoms with E-state index in [4.69, 9.17) is 5.11 Å². The number of carbonyl (C=O) groups is 2. The molecule has 0 saturated heterocycles. The summed E-state index contributed by atoms with van der Waals surface area (Å²) in [5, 5.41) is 11.2. The van der Waals surface area contributed by atoms with Gasteiger partial charge in [0.05, 0.1) is 11.3 Å². The number of benzene rings is 1. The van der Waals surface area contributed by atoms with E-state index in [9.17, 15) is 14.0 Å². The largest absolute Gasteiger partial charge is 0.478 e. The average Bonchev–Trinajstić information content (AvgIpc) is 2.90. The summed E-state index contributed by atoms with van der Waals surface area (Å²) in [6.07, 6.45) is 0.763. The molecule has 0 bridgehead atoms. The highest BCUT2D eigenvalue weighted by Crippen LogP contribution is 2.52. The molecule has 4 nitrogen and oxygen atoms in total. The van der Waals surface area contributed by atoms with Gasteiger partial charge in [0.15, 0.2) is 0 Å². The zero-order valence-corrected chi connectivity index (χ0v) is 10.2. The molecule has 96 valence electrons. The normalized spacial score (nSPS) is 20.3. The van der Waals surface area contributed by atoms with Crippen LogP contribution < -0.4 is 5.32 Å². The van der Waals surface area contributed by atoms with Gasteiger partial charge in [0.2, 0.25) is 5.91 Å². The van der Waals surface area contributed by atoms with Crippen LogP contribution in [0.1, 0.15) is 30.6 Å². The van der Waals surface area contributed by atoms with E-state index < -0.39 is 11.8 Å². The lowest BCUT2D eigenvalue weighted by Gasteiger charge is -2.08. The molecule has 0 aliphatic heterocycles. The first-order valence-corrected chi connectivity index (χ1v) is 5.65. The van der Waals surface area contributed by atoms with Crippen LogP contribution in [0, 0.1) is 17.2 Å². The molecule has 0 unspecified atom stereocenters. The molecule has 0 heterocycles. The highest BCUT2D eigenvalue weighted by molar-refractivity contribution is 5.96. The molecule has 2 rings (SSSR count). The lowest BCUT2D eigenvalue weighted by atomic mass is 10.1. The number of carbonyl (C=O) groups excluding carboxylic acids is 1. The molecule has 1 aliphatic carbocycles. The molecule has 0 spiro atoms. The van der Waals surface area contributed by atoms with Crippen LogP contribution in [0.5, 0.6) is 0 Å². The number of carboxylic acids is 1. The standard InChI is InChI=1S/C13H14FNO3/c1-13(2)6-8(13)11(16)15-10-5-7(12(17)18)3-4-9(10)14/h3-5,8H,6H2,1-2H3,(H,15,16)(H,17,18)/t8-/m1/s1. The predicted molar refractivity (Wildman–Crippen MR) is 63.9 cm³/mol. The van der Waals surface area contributed by atoms with Gasteiger partial charge >= 0.3 is 5.97 Å². The number of hydrogen-bond donors (Lipinski definition) is 2. The van der Waals surface area contributed by atoms with E-state index in [1.807, 2.05) is 13.8 Å². The Balaban J connectivity index is 2.16. The fraction of sp³-hybridized carbons (Fsp3) is 0.385. The lowest BCUT2D eigenvalue weighted by molar-refractivity contribution is -0.118. The number of aromatic carboxylic acids is 1. The molecule has 1 atom stereocenters. The van der Waals surface area contributed by atoms with Crippen LogP contribution in [0.25, 0.3) is 0 Å². The molecule has 1 aliphatic rings. The molecule has 2 N–H and O–H groups in total. The van der Waals surface area contributed by atoms with Gasteiger partial charge in [-0.05, 0) is 30.0 Å². The Kier molecular flexibility index (Phi) is 2.84. The maximum Gasteiger partial charge on any atom is 0.335 e. The van der Waals surface area contributed by atoms with Gasteiger partial charge in [-0.15, -0.1) is 0 Å². The zero-order chi connectivity index (χ0) is 13.5. The number of carboxylic acid groups (broad SMARTS) is 1. The van der Waals surface area contributed by atoms with E-state index in [1.165, 1.54) is 0 Å². The van der Waals surface area contributed by atoms with Crippen molar-refractivity contribution < 1.29 is 19.1 Å². The molecule has 1 aromatic rings. The van der Waals surface area contributed by atoms with Gasteiger partial charge in [-0.3, -0.25) is 4.79 Å². The highest BCUT2D eigenvalue weighted by Gasteiger charge is 2.50. The Labute approximate surface area is 104 Å². The second-order valence-electron chi connectivity index (χ2n) is 5.23. The van der Waals surface area contributed by atoms with Crippen LogP contribution >= 0.6 is 0 Å². The van der Waals surface area contributed by atoms with Crippen molar-refractivity contribution in [2.24, 2.45) is 11.3 Å². The minimum absolute atomic E-state index is 0.0506. The van der Waals surface area contributed by atoms with Crippen LogP contribution in [0.4, 0.5) is 10.1 Å². The molecule has 18 heavy (non-hydrogen) atoms. The van der Waals surface area contributed by atoms with Gasteiger partial charge < -0.3 is 10.4 Å². The molecule has 1 saturated carbocycles. The van der Waals surface area contributed by atoms with Crippen LogP contribution in [0.2, 0.25) is 0 Å². The summed E-state index contributed by atoms with van der Waals surface area (Å²) < 4.78 is 13.5. The number of anilines is 1. The number of amides is 1. The molecule has 0 radical (unpaired) electrons. The number of nitrogens with one attached hydrogen (secondary N) is 1. The van der Waals surface area contributed by atoms with Crippen molar-refractivity contribution in [2.45, 2.75) is 20.3 Å². The van der Waals surface area contributed by atoms with Gasteiger partial charge in [0, 0.05) is 5.92 Å². The molecule has 5 heteroatoms. The van der Waals surface area contributed by atoms with Gasteiger partial charge in [0.25, 0.3) is 0 Å². The highest BCUT2D eigenvalue weighted by atomic mass is 19.1. The zero-order valence-electron chi connectivity index (χ0n) is 10.2. The SMILES string of the molecule is CC1(C)C[C@@H]1C(=O)Nc1cc(C(=O)O)ccc1F. The summed E-state index contributed by atoms with van der Waals surface area (Å²) in [5.41, 5.74) is -0.185. The first-order chi connectivity index (χ1) is 8.31. The second-order valence-corrected chi connectivity index (χ2v) is 5.23. The third kappa shape index (κ3) is 2.34. The minimum Gasteiger partial charge on any atom is -0.478 e. The number of hydrogen-bond acceptors (Lipinski definition) is 2. The molecular formula is C13H14FNO3. The first-order valence-electron chi connectivity index (χ1n) is 5.65. The van der Waals surface area contributed by atoms with Gasteiger partial charge in [-0.2, -0.15) is 0 Å². The Morgan fingerprint density at radius 2 is 2.06 bits per heavy atom. The topological polar surface area (TPSA) is 66.4 Å². The van der Waals surface area contributed by atoms with E-state index in [-0.39, 0.29) is 28.5 Å². The van der Waals surface area contributed by atoms with Crippen molar-refractivity contribution in [1.29, 1.82) is 0 Å². The van der Waals surface area contributed by atoms with Crippen molar-refractivity contribution >= 4 is 17.6 Å². The summed E-state index contributed by atoms with van der Waals surface area (Å²) >= 11 is 0. The van der Waals surface area contributed by atoms with Crippen LogP contribution in [0.3, 0.4) is 0 Å². The van der Waals surface area contributed by atoms with E-state index >= 15 is 0 Å². The van der Waals surface area contributed by atoms with Crippen LogP contribution in [-0.4, -0.2) is 17.0 Å². The van der Waals surface area contributed by atoms with Gasteiger partial charge in [-0.25, -0.2) is 9.18 Å². The fourth-order valence-electron chi connectivity index (χ4n) is 1.89. The summed E-state index contributed by atoms with van der Waals surface area (Å²) in [7, 11) is 0. The van der Waals surface area contributed by atoms with E-state index in [1.54, 1.807) is 0 Å². The molecular weight excluding hydrogens is 237 g/mol. The summed E-state index contributed by atoms with van der Waals surface area (Å²) in [6, 6.07) is 3.33. The Morgan fingerprint density at radius 3 is 2.56 bits per heavy atom. The molecule has 0 aromatic heterocycles. The van der Waals surface area contributed by atoms with Crippen molar-refractivity contribution in [3.8, 4) is 0 Å². The van der Waals surface area contributed by atoms with Gasteiger partial charge in [0.1, 0.15) is 5.82 Å². The van der Waals surface area contributed by atoms with E-state index in [2.05, 4.69) is 5.32 Å². The van der Waals surface area contributed by atoms with Crippen molar-refractivity contribution in [2.75, 3.05) is 5.32 Å². The van der Waals surface area contributed by atoms with Crippen LogP contribution in [0.15, 0.2) is 18.2 Å². The number of rotatable bonds is 3. The summed E-state index contributed by atoms with van der Waals surface area (Å²) in [4.78, 5) is 22.6. The Bertz CT molecular complexity index is 525. The Morgan fingerprint density at radius 1 is 1.44 bits per heavy atom. The van der Waals surface area contributed by atoms with Crippen LogP contribution in [-0.2, 0) is 4.79 Å². The fourth-order valence-corrected chi connectivity index (χ4v) is 1.89. The third-order valence-electron chi connectivity index (χ3n) is 3.30. The average molecular weight is 251 g/mol. The Hall–Kier alpha value is -1.91. The molecule has 1 fully saturated rings. The third-order valence-corrected chi connectivity index (χ3v) is 3.30. The minimum atomic E-state index is -1.16. The maximum atomic E-state index is 13.5. The smallest absolute Gasteiger partial charge is 0.335 e. The van der Waals surface area contributed by atoms with E-state index in [0.29, 0.717) is 0 Å². The molecule has 1 amide bonds. The molecule has 1 aromatic carbocycles. The quantitative estimate of drug-likeness (QED) is 0.867. The van der Waals surface area contributed by atoms with E-state index in [0.717, 1.165) is 24.6 Å². The maximum absolute atomic E-state index is 13.5. The van der Waals surface area contributed by atoms with Crippen molar-refractivity contribution in [1.82, 2.24) is 0 Å². The monoisotopic (exact) mass is 251 g/mol. The summed E-state index contributed by atoms with van der Waals surface area (Å²) in [6.45, 7) is 3.92. The van der Waals surface area contributed by atoms with Crippen molar-refractivity contribution in [3.05, 3.63) is 29.6 Å².